The first-order valence-electron chi connectivity index (χ1n) is 9.46. The highest BCUT2D eigenvalue weighted by atomic mass is 16.1. The molecule has 1 amide bonds. The van der Waals surface area contributed by atoms with Crippen LogP contribution in [0.25, 0.3) is 0 Å². The van der Waals surface area contributed by atoms with Crippen LogP contribution in [0.15, 0.2) is 18.2 Å². The summed E-state index contributed by atoms with van der Waals surface area (Å²) in [6.07, 6.45) is 12.3. The largest absolute Gasteiger partial charge is 0.352 e. The lowest BCUT2D eigenvalue weighted by molar-refractivity contribution is -0.121. The molecule has 0 radical (unpaired) electrons. The molecule has 0 saturated heterocycles. The van der Waals surface area contributed by atoms with Gasteiger partial charge in [-0.1, -0.05) is 82.1 Å². The third kappa shape index (κ3) is 9.43. The van der Waals surface area contributed by atoms with Gasteiger partial charge in [-0.15, -0.1) is 0 Å². The van der Waals surface area contributed by atoms with Gasteiger partial charge in [0.25, 0.3) is 0 Å². The highest BCUT2D eigenvalue weighted by Crippen LogP contribution is 2.12. The maximum atomic E-state index is 11.9. The van der Waals surface area contributed by atoms with Gasteiger partial charge in [0.15, 0.2) is 0 Å². The highest BCUT2D eigenvalue weighted by Gasteiger charge is 2.03. The smallest absolute Gasteiger partial charge is 0.220 e. The minimum Gasteiger partial charge on any atom is -0.352 e. The van der Waals surface area contributed by atoms with Crippen molar-refractivity contribution in [3.05, 3.63) is 34.9 Å². The molecule has 0 aromatic heterocycles. The van der Waals surface area contributed by atoms with Gasteiger partial charge in [-0.3, -0.25) is 4.79 Å². The lowest BCUT2D eigenvalue weighted by atomic mass is 10.1. The van der Waals surface area contributed by atoms with Crippen LogP contribution in [0.5, 0.6) is 0 Å². The number of amides is 1. The predicted molar refractivity (Wildman–Crippen MR) is 99.6 cm³/mol. The first-order valence-corrected chi connectivity index (χ1v) is 9.46. The number of carbonyl (C=O) groups is 1. The van der Waals surface area contributed by atoms with Crippen molar-refractivity contribution < 1.29 is 4.79 Å². The zero-order chi connectivity index (χ0) is 16.9. The predicted octanol–water partition coefficient (Wildman–Crippen LogP) is 5.84. The van der Waals surface area contributed by atoms with Crippen molar-refractivity contribution in [3.8, 4) is 0 Å². The summed E-state index contributed by atoms with van der Waals surface area (Å²) in [4.78, 5) is 11.9. The highest BCUT2D eigenvalue weighted by molar-refractivity contribution is 5.75. The SMILES string of the molecule is CCCCCCCCCCCC(=O)NCc1cc(C)ccc1C. The first kappa shape index (κ1) is 19.7. The number of hydrogen-bond donors (Lipinski definition) is 1. The molecule has 0 atom stereocenters. The van der Waals surface area contributed by atoms with Gasteiger partial charge in [-0.2, -0.15) is 0 Å². The van der Waals surface area contributed by atoms with Crippen LogP contribution in [-0.2, 0) is 11.3 Å². The lowest BCUT2D eigenvalue weighted by Crippen LogP contribution is -2.22. The van der Waals surface area contributed by atoms with Gasteiger partial charge in [-0.25, -0.2) is 0 Å². The van der Waals surface area contributed by atoms with E-state index in [1.54, 1.807) is 0 Å². The van der Waals surface area contributed by atoms with Crippen molar-refractivity contribution in [1.29, 1.82) is 0 Å². The topological polar surface area (TPSA) is 29.1 Å². The molecule has 0 fully saturated rings. The fourth-order valence-electron chi connectivity index (χ4n) is 2.87. The van der Waals surface area contributed by atoms with Crippen molar-refractivity contribution in [3.63, 3.8) is 0 Å². The molecule has 1 rings (SSSR count). The number of aryl methyl sites for hydroxylation is 2. The van der Waals surface area contributed by atoms with Gasteiger partial charge in [0, 0.05) is 13.0 Å². The molecule has 0 spiro atoms. The summed E-state index contributed by atoms with van der Waals surface area (Å²) < 4.78 is 0. The van der Waals surface area contributed by atoms with Crippen molar-refractivity contribution in [2.75, 3.05) is 0 Å². The second-order valence-corrected chi connectivity index (χ2v) is 6.79. The van der Waals surface area contributed by atoms with Crippen LogP contribution in [-0.4, -0.2) is 5.91 Å². The number of rotatable bonds is 12. The van der Waals surface area contributed by atoms with Crippen LogP contribution in [0.3, 0.4) is 0 Å². The second kappa shape index (κ2) is 12.2. The molecule has 0 aliphatic carbocycles. The van der Waals surface area contributed by atoms with E-state index in [-0.39, 0.29) is 5.91 Å². The summed E-state index contributed by atoms with van der Waals surface area (Å²) >= 11 is 0. The average molecular weight is 318 g/mol. The van der Waals surface area contributed by atoms with Crippen molar-refractivity contribution in [2.24, 2.45) is 0 Å². The number of hydrogen-bond acceptors (Lipinski definition) is 1. The Bertz CT molecular complexity index is 453. The monoisotopic (exact) mass is 317 g/mol. The van der Waals surface area contributed by atoms with E-state index in [4.69, 9.17) is 0 Å². The normalized spacial score (nSPS) is 10.7. The van der Waals surface area contributed by atoms with Gasteiger partial charge in [0.1, 0.15) is 0 Å². The van der Waals surface area contributed by atoms with E-state index in [1.165, 1.54) is 68.1 Å². The Balaban J connectivity index is 2.03. The Hall–Kier alpha value is -1.31. The third-order valence-corrected chi connectivity index (χ3v) is 4.49. The molecule has 0 heterocycles. The molecule has 0 bridgehead atoms. The molecular formula is C21H35NO. The third-order valence-electron chi connectivity index (χ3n) is 4.49. The Labute approximate surface area is 143 Å². The molecule has 1 aromatic carbocycles. The molecule has 1 N–H and O–H groups in total. The van der Waals surface area contributed by atoms with Gasteiger partial charge in [0.2, 0.25) is 5.91 Å². The molecule has 0 unspecified atom stereocenters. The summed E-state index contributed by atoms with van der Waals surface area (Å²) in [5.41, 5.74) is 3.73. The summed E-state index contributed by atoms with van der Waals surface area (Å²) in [5.74, 6) is 0.189. The Morgan fingerprint density at radius 2 is 1.52 bits per heavy atom. The fraction of sp³-hybridized carbons (Fsp3) is 0.667. The quantitative estimate of drug-likeness (QED) is 0.482. The van der Waals surface area contributed by atoms with E-state index in [1.807, 2.05) is 0 Å². The average Bonchev–Trinajstić information content (AvgIpc) is 2.54. The van der Waals surface area contributed by atoms with Crippen molar-refractivity contribution >= 4 is 5.91 Å². The zero-order valence-corrected chi connectivity index (χ0v) is 15.4. The van der Waals surface area contributed by atoms with Crippen LogP contribution >= 0.6 is 0 Å². The standard InChI is InChI=1S/C21H35NO/c1-4-5-6-7-8-9-10-11-12-13-21(23)22-17-20-16-18(2)14-15-19(20)3/h14-16H,4-13,17H2,1-3H3,(H,22,23). The number of carbonyl (C=O) groups excluding carboxylic acids is 1. The minimum absolute atomic E-state index is 0.189. The van der Waals surface area contributed by atoms with E-state index < -0.39 is 0 Å². The number of benzene rings is 1. The molecule has 0 saturated carbocycles. The lowest BCUT2D eigenvalue weighted by Gasteiger charge is -2.09. The van der Waals surface area contributed by atoms with Gasteiger partial charge in [0.05, 0.1) is 0 Å². The van der Waals surface area contributed by atoms with Gasteiger partial charge in [-0.05, 0) is 31.4 Å². The van der Waals surface area contributed by atoms with Crippen LogP contribution < -0.4 is 5.32 Å². The summed E-state index contributed by atoms with van der Waals surface area (Å²) in [6.45, 7) is 7.10. The Morgan fingerprint density at radius 1 is 0.913 bits per heavy atom. The Morgan fingerprint density at radius 3 is 2.17 bits per heavy atom. The number of unbranched alkanes of at least 4 members (excludes halogenated alkanes) is 8. The molecule has 2 heteroatoms. The molecular weight excluding hydrogens is 282 g/mol. The summed E-state index contributed by atoms with van der Waals surface area (Å²) in [5, 5.41) is 3.05. The van der Waals surface area contributed by atoms with E-state index in [0.717, 1.165) is 6.42 Å². The molecule has 130 valence electrons. The zero-order valence-electron chi connectivity index (χ0n) is 15.4. The minimum atomic E-state index is 0.189. The summed E-state index contributed by atoms with van der Waals surface area (Å²) in [7, 11) is 0. The molecule has 0 aliphatic rings. The molecule has 23 heavy (non-hydrogen) atoms. The first-order chi connectivity index (χ1) is 11.1. The van der Waals surface area contributed by atoms with Crippen molar-refractivity contribution in [1.82, 2.24) is 5.32 Å². The number of nitrogens with one attached hydrogen (secondary N) is 1. The molecule has 2 nitrogen and oxygen atoms in total. The maximum absolute atomic E-state index is 11.9. The molecule has 0 aliphatic heterocycles. The van der Waals surface area contributed by atoms with Crippen LogP contribution in [0.2, 0.25) is 0 Å². The molecule has 1 aromatic rings. The van der Waals surface area contributed by atoms with E-state index in [9.17, 15) is 4.79 Å². The fourth-order valence-corrected chi connectivity index (χ4v) is 2.87. The maximum Gasteiger partial charge on any atom is 0.220 e. The van der Waals surface area contributed by atoms with E-state index in [0.29, 0.717) is 13.0 Å². The second-order valence-electron chi connectivity index (χ2n) is 6.79. The van der Waals surface area contributed by atoms with E-state index in [2.05, 4.69) is 44.3 Å². The van der Waals surface area contributed by atoms with Crippen LogP contribution in [0.1, 0.15) is 87.8 Å². The van der Waals surface area contributed by atoms with Crippen LogP contribution in [0.4, 0.5) is 0 Å². The van der Waals surface area contributed by atoms with E-state index >= 15 is 0 Å². The Kier molecular flexibility index (Phi) is 10.4. The summed E-state index contributed by atoms with van der Waals surface area (Å²) in [6, 6.07) is 6.40. The van der Waals surface area contributed by atoms with Crippen molar-refractivity contribution in [2.45, 2.75) is 91.5 Å². The van der Waals surface area contributed by atoms with Crippen LogP contribution in [0, 0.1) is 13.8 Å². The van der Waals surface area contributed by atoms with Gasteiger partial charge < -0.3 is 5.32 Å². The van der Waals surface area contributed by atoms with Gasteiger partial charge >= 0.3 is 0 Å².